The molecule has 0 aliphatic rings. The quantitative estimate of drug-likeness (QED) is 0.627. The van der Waals surface area contributed by atoms with E-state index in [1.165, 1.54) is 25.5 Å². The number of hydrogen-bond acceptors (Lipinski definition) is 5. The molecule has 7 nitrogen and oxygen atoms in total. The summed E-state index contributed by atoms with van der Waals surface area (Å²) in [5.74, 6) is 0. The summed E-state index contributed by atoms with van der Waals surface area (Å²) in [5.41, 5.74) is -8.23. The Kier molecular flexibility index (Phi) is 6.22. The molecule has 1 rings (SSSR count). The van der Waals surface area contributed by atoms with Crippen LogP contribution in [0.25, 0.3) is 0 Å². The number of aliphatic hydroxyl groups is 1. The van der Waals surface area contributed by atoms with Gasteiger partial charge in [0.1, 0.15) is 5.60 Å². The standard InChI is InChI=1S/C14H16F6N2O5S/c1-11(2,3)27-10(23)22-28(25,26)21-9-6-4-8(5-7-9)12(24,13(15,16)17)14(18,19)20/h4-7,21,24H,1-3H3,(H,22,23). The number of carbonyl (C=O) groups is 1. The molecule has 0 bridgehead atoms. The molecule has 0 aliphatic carbocycles. The average molecular weight is 438 g/mol. The van der Waals surface area contributed by atoms with Crippen molar-refractivity contribution in [2.75, 3.05) is 4.72 Å². The molecule has 1 aromatic carbocycles. The fourth-order valence-electron chi connectivity index (χ4n) is 1.86. The van der Waals surface area contributed by atoms with E-state index in [1.54, 1.807) is 4.72 Å². The Morgan fingerprint density at radius 3 is 1.75 bits per heavy atom. The second kappa shape index (κ2) is 7.31. The van der Waals surface area contributed by atoms with Crippen molar-refractivity contribution >= 4 is 22.0 Å². The van der Waals surface area contributed by atoms with Crippen LogP contribution in [-0.4, -0.2) is 37.6 Å². The van der Waals surface area contributed by atoms with Crippen LogP contribution >= 0.6 is 0 Å². The fraction of sp³-hybridized carbons (Fsp3) is 0.500. The summed E-state index contributed by atoms with van der Waals surface area (Å²) < 4.78 is 108. The number of ether oxygens (including phenoxy) is 1. The summed E-state index contributed by atoms with van der Waals surface area (Å²) >= 11 is 0. The molecule has 3 N–H and O–H groups in total. The van der Waals surface area contributed by atoms with Gasteiger partial charge in [-0.3, -0.25) is 4.72 Å². The number of alkyl halides is 6. The molecule has 0 unspecified atom stereocenters. The lowest BCUT2D eigenvalue weighted by Crippen LogP contribution is -2.53. The first-order valence-electron chi connectivity index (χ1n) is 7.28. The van der Waals surface area contributed by atoms with Gasteiger partial charge in [-0.25, -0.2) is 9.52 Å². The summed E-state index contributed by atoms with van der Waals surface area (Å²) in [6.45, 7) is 4.36. The molecule has 0 saturated heterocycles. The molecule has 14 heteroatoms. The first-order valence-corrected chi connectivity index (χ1v) is 8.77. The highest BCUT2D eigenvalue weighted by Gasteiger charge is 2.71. The van der Waals surface area contributed by atoms with Crippen molar-refractivity contribution in [3.63, 3.8) is 0 Å². The Labute approximate surface area is 155 Å². The van der Waals surface area contributed by atoms with Gasteiger partial charge >= 0.3 is 28.7 Å². The zero-order chi connectivity index (χ0) is 22.2. The Morgan fingerprint density at radius 1 is 0.964 bits per heavy atom. The van der Waals surface area contributed by atoms with Crippen LogP contribution in [0.5, 0.6) is 0 Å². The Bertz CT molecular complexity index is 799. The molecule has 0 aliphatic heterocycles. The van der Waals surface area contributed by atoms with Crippen LogP contribution in [-0.2, 0) is 20.5 Å². The van der Waals surface area contributed by atoms with Gasteiger partial charge in [-0.2, -0.15) is 34.8 Å². The molecule has 28 heavy (non-hydrogen) atoms. The van der Waals surface area contributed by atoms with Gasteiger partial charge < -0.3 is 9.84 Å². The number of hydrogen-bond donors (Lipinski definition) is 3. The number of benzene rings is 1. The third-order valence-corrected chi connectivity index (χ3v) is 3.93. The van der Waals surface area contributed by atoms with E-state index in [0.717, 1.165) is 0 Å². The first-order chi connectivity index (χ1) is 12.3. The lowest BCUT2D eigenvalue weighted by atomic mass is 9.92. The molecule has 0 aromatic heterocycles. The normalized spacial score (nSPS) is 13.8. The third-order valence-electron chi connectivity index (χ3n) is 2.99. The number of nitrogens with one attached hydrogen (secondary N) is 2. The fourth-order valence-corrected chi connectivity index (χ4v) is 2.62. The zero-order valence-corrected chi connectivity index (χ0v) is 15.4. The van der Waals surface area contributed by atoms with Crippen LogP contribution in [0.2, 0.25) is 0 Å². The number of amides is 1. The zero-order valence-electron chi connectivity index (χ0n) is 14.6. The Hall–Kier alpha value is -2.22. The van der Waals surface area contributed by atoms with Crippen LogP contribution in [0.4, 0.5) is 36.8 Å². The maximum atomic E-state index is 12.8. The largest absolute Gasteiger partial charge is 0.443 e. The van der Waals surface area contributed by atoms with E-state index >= 15 is 0 Å². The topological polar surface area (TPSA) is 105 Å². The van der Waals surface area contributed by atoms with E-state index in [1.807, 2.05) is 0 Å². The van der Waals surface area contributed by atoms with Gasteiger partial charge in [0.05, 0.1) is 5.69 Å². The van der Waals surface area contributed by atoms with Crippen molar-refractivity contribution in [3.05, 3.63) is 29.8 Å². The average Bonchev–Trinajstić information content (AvgIpc) is 2.41. The Balaban J connectivity index is 3.06. The van der Waals surface area contributed by atoms with Gasteiger partial charge in [-0.15, -0.1) is 0 Å². The van der Waals surface area contributed by atoms with E-state index in [9.17, 15) is 44.7 Å². The van der Waals surface area contributed by atoms with Gasteiger partial charge in [0.25, 0.3) is 5.60 Å². The molecule has 0 fully saturated rings. The SMILES string of the molecule is CC(C)(C)OC(=O)NS(=O)(=O)Nc1ccc(C(O)(C(F)(F)F)C(F)(F)F)cc1. The van der Waals surface area contributed by atoms with Gasteiger partial charge in [0.2, 0.25) is 0 Å². The molecular formula is C14H16F6N2O5S. The van der Waals surface area contributed by atoms with Crippen molar-refractivity contribution in [3.8, 4) is 0 Å². The van der Waals surface area contributed by atoms with Crippen LogP contribution in [0, 0.1) is 0 Å². The summed E-state index contributed by atoms with van der Waals surface area (Å²) in [4.78, 5) is 11.4. The highest BCUT2D eigenvalue weighted by molar-refractivity contribution is 7.91. The van der Waals surface area contributed by atoms with Crippen molar-refractivity contribution < 1.29 is 49.4 Å². The predicted octanol–water partition coefficient (Wildman–Crippen LogP) is 3.18. The monoisotopic (exact) mass is 438 g/mol. The third kappa shape index (κ3) is 5.64. The highest BCUT2D eigenvalue weighted by atomic mass is 32.2. The van der Waals surface area contributed by atoms with E-state index < -0.39 is 51.1 Å². The van der Waals surface area contributed by atoms with Gasteiger partial charge in [0, 0.05) is 5.56 Å². The maximum Gasteiger partial charge on any atom is 0.430 e. The molecule has 1 amide bonds. The highest BCUT2D eigenvalue weighted by Crippen LogP contribution is 2.50. The van der Waals surface area contributed by atoms with Crippen molar-refractivity contribution in [2.24, 2.45) is 0 Å². The van der Waals surface area contributed by atoms with Crippen molar-refractivity contribution in [1.82, 2.24) is 4.72 Å². The van der Waals surface area contributed by atoms with E-state index in [2.05, 4.69) is 0 Å². The van der Waals surface area contributed by atoms with Crippen molar-refractivity contribution in [1.29, 1.82) is 0 Å². The lowest BCUT2D eigenvalue weighted by Gasteiger charge is -2.32. The van der Waals surface area contributed by atoms with Crippen molar-refractivity contribution in [2.45, 2.75) is 44.3 Å². The van der Waals surface area contributed by atoms with Gasteiger partial charge in [-0.1, -0.05) is 12.1 Å². The van der Waals surface area contributed by atoms with E-state index in [-0.39, 0.29) is 12.1 Å². The minimum atomic E-state index is -6.08. The number of halogens is 6. The Morgan fingerprint density at radius 2 is 1.39 bits per heavy atom. The van der Waals surface area contributed by atoms with Gasteiger partial charge in [-0.05, 0) is 32.9 Å². The minimum Gasteiger partial charge on any atom is -0.443 e. The minimum absolute atomic E-state index is 0.242. The molecule has 160 valence electrons. The van der Waals surface area contributed by atoms with E-state index in [4.69, 9.17) is 4.74 Å². The van der Waals surface area contributed by atoms with Crippen LogP contribution < -0.4 is 9.44 Å². The molecule has 1 aromatic rings. The smallest absolute Gasteiger partial charge is 0.430 e. The van der Waals surface area contributed by atoms with Crippen LogP contribution in [0.3, 0.4) is 0 Å². The molecule has 0 spiro atoms. The number of rotatable bonds is 4. The summed E-state index contributed by atoms with van der Waals surface area (Å²) in [7, 11) is -4.59. The molecular weight excluding hydrogens is 422 g/mol. The first kappa shape index (κ1) is 23.8. The second-order valence-electron chi connectivity index (χ2n) is 6.49. The summed E-state index contributed by atoms with van der Waals surface area (Å²) in [6.07, 6.45) is -13.5. The number of carbonyl (C=O) groups excluding carboxylic acids is 1. The summed E-state index contributed by atoms with van der Waals surface area (Å²) in [5, 5.41) is 9.24. The predicted molar refractivity (Wildman–Crippen MR) is 84.4 cm³/mol. The second-order valence-corrected chi connectivity index (χ2v) is 7.91. The van der Waals surface area contributed by atoms with E-state index in [0.29, 0.717) is 12.1 Å². The lowest BCUT2D eigenvalue weighted by molar-refractivity contribution is -0.376. The molecule has 0 atom stereocenters. The molecule has 0 saturated carbocycles. The van der Waals surface area contributed by atoms with Crippen LogP contribution in [0.1, 0.15) is 26.3 Å². The van der Waals surface area contributed by atoms with Crippen LogP contribution in [0.15, 0.2) is 24.3 Å². The number of anilines is 1. The maximum absolute atomic E-state index is 12.8. The molecule has 0 radical (unpaired) electrons. The summed E-state index contributed by atoms with van der Waals surface area (Å²) in [6, 6.07) is 1.58. The molecule has 0 heterocycles. The van der Waals surface area contributed by atoms with Gasteiger partial charge in [0.15, 0.2) is 0 Å².